The molecule has 0 bridgehead atoms. The number of hydrogen-bond donors (Lipinski definition) is 1. The van der Waals surface area contributed by atoms with Gasteiger partial charge in [0.15, 0.2) is 5.16 Å². The number of nitrogens with one attached hydrogen (secondary N) is 1. The smallest absolute Gasteiger partial charge is 0.233 e. The van der Waals surface area contributed by atoms with E-state index in [2.05, 4.69) is 10.3 Å². The van der Waals surface area contributed by atoms with E-state index in [9.17, 15) is 9.18 Å². The summed E-state index contributed by atoms with van der Waals surface area (Å²) in [7, 11) is 0. The molecule has 0 saturated heterocycles. The highest BCUT2D eigenvalue weighted by atomic mass is 32.2. The molecule has 23 heavy (non-hydrogen) atoms. The number of aromatic nitrogens is 2. The molecule has 0 unspecified atom stereocenters. The van der Waals surface area contributed by atoms with Gasteiger partial charge >= 0.3 is 0 Å². The van der Waals surface area contributed by atoms with Crippen LogP contribution in [0, 0.1) is 5.82 Å². The second-order valence-electron chi connectivity index (χ2n) is 5.81. The monoisotopic (exact) mass is 333 g/mol. The van der Waals surface area contributed by atoms with Crippen LogP contribution in [0.1, 0.15) is 32.6 Å². The quantitative estimate of drug-likeness (QED) is 0.851. The lowest BCUT2D eigenvalue weighted by Crippen LogP contribution is -2.37. The normalized spacial score (nSPS) is 16.4. The van der Waals surface area contributed by atoms with Crippen molar-refractivity contribution < 1.29 is 9.18 Å². The summed E-state index contributed by atoms with van der Waals surface area (Å²) in [6.07, 6.45) is 7.96. The van der Waals surface area contributed by atoms with Crippen LogP contribution in [-0.2, 0) is 4.79 Å². The topological polar surface area (TPSA) is 46.9 Å². The Morgan fingerprint density at radius 1 is 1.43 bits per heavy atom. The molecule has 1 aromatic carbocycles. The van der Waals surface area contributed by atoms with E-state index in [-0.39, 0.29) is 17.0 Å². The van der Waals surface area contributed by atoms with E-state index in [1.807, 2.05) is 13.0 Å². The van der Waals surface area contributed by atoms with Crippen LogP contribution in [0.4, 0.5) is 4.39 Å². The summed E-state index contributed by atoms with van der Waals surface area (Å²) in [5.74, 6) is -0.255. The molecule has 1 aromatic heterocycles. The molecule has 1 heterocycles. The first-order valence-electron chi connectivity index (χ1n) is 7.90. The Bertz CT molecular complexity index is 682. The van der Waals surface area contributed by atoms with Crippen molar-refractivity contribution in [3.05, 3.63) is 42.5 Å². The fourth-order valence-corrected chi connectivity index (χ4v) is 3.69. The molecule has 1 saturated carbocycles. The average molecular weight is 333 g/mol. The molecular formula is C17H20FN3OS. The maximum atomic E-state index is 13.4. The summed E-state index contributed by atoms with van der Waals surface area (Å²) >= 11 is 1.39. The predicted octanol–water partition coefficient (Wildman–Crippen LogP) is 3.55. The second-order valence-corrected chi connectivity index (χ2v) is 7.12. The van der Waals surface area contributed by atoms with Gasteiger partial charge in [-0.15, -0.1) is 0 Å². The first kappa shape index (κ1) is 16.1. The molecular weight excluding hydrogens is 313 g/mol. The molecule has 0 spiro atoms. The summed E-state index contributed by atoms with van der Waals surface area (Å²) in [5, 5.41) is 3.54. The molecule has 0 radical (unpaired) electrons. The fraction of sp³-hybridized carbons (Fsp3) is 0.412. The number of halogens is 1. The van der Waals surface area contributed by atoms with E-state index in [4.69, 9.17) is 0 Å². The van der Waals surface area contributed by atoms with Crippen LogP contribution in [0.15, 0.2) is 41.8 Å². The molecule has 2 aromatic rings. The molecule has 4 nitrogen and oxygen atoms in total. The largest absolute Gasteiger partial charge is 0.352 e. The fourth-order valence-electron chi connectivity index (χ4n) is 2.80. The van der Waals surface area contributed by atoms with Gasteiger partial charge in [0.05, 0.1) is 10.9 Å². The van der Waals surface area contributed by atoms with Crippen molar-refractivity contribution in [2.24, 2.45) is 0 Å². The molecule has 1 aliphatic carbocycles. The minimum absolute atomic E-state index is 0.0377. The summed E-state index contributed by atoms with van der Waals surface area (Å²) in [5.41, 5.74) is 0.702. The van der Waals surface area contributed by atoms with E-state index < -0.39 is 0 Å². The maximum absolute atomic E-state index is 13.4. The Labute approximate surface area is 139 Å². The number of nitrogens with zero attached hydrogens (tertiary/aromatic N) is 2. The molecule has 1 aliphatic rings. The third-order valence-electron chi connectivity index (χ3n) is 4.05. The summed E-state index contributed by atoms with van der Waals surface area (Å²) in [6, 6.07) is 6.65. The van der Waals surface area contributed by atoms with Gasteiger partial charge in [-0.3, -0.25) is 9.36 Å². The van der Waals surface area contributed by atoms with Gasteiger partial charge in [0, 0.05) is 18.4 Å². The molecule has 1 atom stereocenters. The van der Waals surface area contributed by atoms with Crippen LogP contribution in [0.5, 0.6) is 0 Å². The van der Waals surface area contributed by atoms with Gasteiger partial charge in [0.25, 0.3) is 0 Å². The van der Waals surface area contributed by atoms with Crippen molar-refractivity contribution >= 4 is 17.7 Å². The lowest BCUT2D eigenvalue weighted by atomic mass is 10.2. The van der Waals surface area contributed by atoms with Gasteiger partial charge in [-0.2, -0.15) is 0 Å². The van der Waals surface area contributed by atoms with Crippen molar-refractivity contribution in [2.45, 2.75) is 49.1 Å². The Morgan fingerprint density at radius 3 is 2.96 bits per heavy atom. The van der Waals surface area contributed by atoms with Crippen molar-refractivity contribution in [3.63, 3.8) is 0 Å². The SMILES string of the molecule is C[C@H](Sc1nccn1-c1cccc(F)c1)C(=O)NC1CCCC1. The van der Waals surface area contributed by atoms with E-state index in [0.29, 0.717) is 16.9 Å². The van der Waals surface area contributed by atoms with Gasteiger partial charge in [-0.25, -0.2) is 9.37 Å². The molecule has 1 fully saturated rings. The summed E-state index contributed by atoms with van der Waals surface area (Å²) in [6.45, 7) is 1.87. The second kappa shape index (κ2) is 7.17. The van der Waals surface area contributed by atoms with Crippen molar-refractivity contribution in [1.82, 2.24) is 14.9 Å². The maximum Gasteiger partial charge on any atom is 0.233 e. The van der Waals surface area contributed by atoms with E-state index in [1.54, 1.807) is 23.0 Å². The zero-order chi connectivity index (χ0) is 16.2. The van der Waals surface area contributed by atoms with E-state index in [0.717, 1.165) is 12.8 Å². The van der Waals surface area contributed by atoms with Crippen molar-refractivity contribution in [3.8, 4) is 5.69 Å². The number of thioether (sulfide) groups is 1. The standard InChI is InChI=1S/C17H20FN3OS/c1-12(16(22)20-14-6-2-3-7-14)23-17-19-9-10-21(17)15-8-4-5-13(18)11-15/h4-5,8-12,14H,2-3,6-7H2,1H3,(H,20,22)/t12-/m0/s1. The Kier molecular flexibility index (Phi) is 5.00. The zero-order valence-corrected chi connectivity index (χ0v) is 13.9. The molecule has 1 N–H and O–H groups in total. The first-order chi connectivity index (χ1) is 11.1. The molecule has 0 aliphatic heterocycles. The van der Waals surface area contributed by atoms with Crippen molar-refractivity contribution in [2.75, 3.05) is 0 Å². The molecule has 122 valence electrons. The number of benzene rings is 1. The first-order valence-corrected chi connectivity index (χ1v) is 8.78. The number of carbonyl (C=O) groups excluding carboxylic acids is 1. The van der Waals surface area contributed by atoms with Crippen LogP contribution in [0.25, 0.3) is 5.69 Å². The van der Waals surface area contributed by atoms with E-state index >= 15 is 0 Å². The third-order valence-corrected chi connectivity index (χ3v) is 5.13. The summed E-state index contributed by atoms with van der Waals surface area (Å²) in [4.78, 5) is 16.6. The molecule has 1 amide bonds. The highest BCUT2D eigenvalue weighted by Gasteiger charge is 2.22. The van der Waals surface area contributed by atoms with Gasteiger partial charge < -0.3 is 5.32 Å². The highest BCUT2D eigenvalue weighted by molar-refractivity contribution is 8.00. The Morgan fingerprint density at radius 2 is 2.22 bits per heavy atom. The van der Waals surface area contributed by atoms with Crippen LogP contribution >= 0.6 is 11.8 Å². The Balaban J connectivity index is 1.68. The number of imidazole rings is 1. The van der Waals surface area contributed by atoms with E-state index in [1.165, 1.54) is 36.7 Å². The number of rotatable bonds is 5. The zero-order valence-electron chi connectivity index (χ0n) is 13.0. The predicted molar refractivity (Wildman–Crippen MR) is 89.2 cm³/mol. The average Bonchev–Trinajstić information content (AvgIpc) is 3.18. The molecule has 6 heteroatoms. The van der Waals surface area contributed by atoms with Gasteiger partial charge in [-0.1, -0.05) is 30.7 Å². The molecule has 3 rings (SSSR count). The number of carbonyl (C=O) groups is 1. The van der Waals surface area contributed by atoms with Gasteiger partial charge in [0.2, 0.25) is 5.91 Å². The van der Waals surface area contributed by atoms with Crippen LogP contribution in [-0.4, -0.2) is 26.8 Å². The van der Waals surface area contributed by atoms with Gasteiger partial charge in [-0.05, 0) is 38.0 Å². The van der Waals surface area contributed by atoms with Crippen LogP contribution in [0.3, 0.4) is 0 Å². The third kappa shape index (κ3) is 3.93. The number of amides is 1. The minimum atomic E-state index is -0.292. The van der Waals surface area contributed by atoms with Crippen LogP contribution < -0.4 is 5.32 Å². The Hall–Kier alpha value is -1.82. The lowest BCUT2D eigenvalue weighted by Gasteiger charge is -2.16. The highest BCUT2D eigenvalue weighted by Crippen LogP contribution is 2.26. The number of hydrogen-bond acceptors (Lipinski definition) is 3. The lowest BCUT2D eigenvalue weighted by molar-refractivity contribution is -0.120. The minimum Gasteiger partial charge on any atom is -0.352 e. The van der Waals surface area contributed by atoms with Crippen LogP contribution in [0.2, 0.25) is 0 Å². The van der Waals surface area contributed by atoms with Crippen molar-refractivity contribution in [1.29, 1.82) is 0 Å². The summed E-state index contributed by atoms with van der Waals surface area (Å²) < 4.78 is 15.2. The van der Waals surface area contributed by atoms with Gasteiger partial charge in [0.1, 0.15) is 5.82 Å².